The SMILES string of the molecule is Cc1ccccc1-c1cc(=O)oc2cc(C(C)N(C)C)ccc12. The summed E-state index contributed by atoms with van der Waals surface area (Å²) in [6.07, 6.45) is 0. The van der Waals surface area contributed by atoms with E-state index < -0.39 is 0 Å². The minimum atomic E-state index is -0.314. The van der Waals surface area contributed by atoms with E-state index in [4.69, 9.17) is 4.42 Å². The second kappa shape index (κ2) is 6.01. The zero-order valence-corrected chi connectivity index (χ0v) is 14.0. The molecule has 118 valence electrons. The van der Waals surface area contributed by atoms with Gasteiger partial charge in [-0.1, -0.05) is 36.4 Å². The quantitative estimate of drug-likeness (QED) is 0.673. The van der Waals surface area contributed by atoms with Crippen LogP contribution in [-0.4, -0.2) is 19.0 Å². The summed E-state index contributed by atoms with van der Waals surface area (Å²) in [5, 5.41) is 0.966. The fourth-order valence-corrected chi connectivity index (χ4v) is 2.84. The third-order valence-electron chi connectivity index (χ3n) is 4.46. The summed E-state index contributed by atoms with van der Waals surface area (Å²) in [4.78, 5) is 14.2. The van der Waals surface area contributed by atoms with E-state index in [1.54, 1.807) is 6.07 Å². The first kappa shape index (κ1) is 15.5. The Labute approximate surface area is 136 Å². The molecule has 3 aromatic rings. The van der Waals surface area contributed by atoms with E-state index in [9.17, 15) is 4.79 Å². The molecular weight excluding hydrogens is 286 g/mol. The van der Waals surface area contributed by atoms with Crippen molar-refractivity contribution in [3.63, 3.8) is 0 Å². The van der Waals surface area contributed by atoms with Crippen LogP contribution in [0.3, 0.4) is 0 Å². The van der Waals surface area contributed by atoms with Crippen molar-refractivity contribution in [1.29, 1.82) is 0 Å². The van der Waals surface area contributed by atoms with Gasteiger partial charge in [0.05, 0.1) is 0 Å². The van der Waals surface area contributed by atoms with E-state index in [-0.39, 0.29) is 11.7 Å². The molecular formula is C20H21NO2. The van der Waals surface area contributed by atoms with Crippen LogP contribution >= 0.6 is 0 Å². The molecule has 0 aliphatic rings. The number of rotatable bonds is 3. The molecule has 3 nitrogen and oxygen atoms in total. The van der Waals surface area contributed by atoms with E-state index in [2.05, 4.69) is 36.9 Å². The molecule has 0 radical (unpaired) electrons. The molecule has 23 heavy (non-hydrogen) atoms. The van der Waals surface area contributed by atoms with Crippen LogP contribution in [0, 0.1) is 6.92 Å². The zero-order chi connectivity index (χ0) is 16.6. The average molecular weight is 307 g/mol. The lowest BCUT2D eigenvalue weighted by Gasteiger charge is -2.20. The first-order valence-corrected chi connectivity index (χ1v) is 7.77. The van der Waals surface area contributed by atoms with Crippen LogP contribution < -0.4 is 5.63 Å². The minimum Gasteiger partial charge on any atom is -0.423 e. The first-order valence-electron chi connectivity index (χ1n) is 7.77. The van der Waals surface area contributed by atoms with E-state index in [0.717, 1.165) is 27.6 Å². The molecule has 1 atom stereocenters. The summed E-state index contributed by atoms with van der Waals surface area (Å²) in [6.45, 7) is 4.18. The number of fused-ring (bicyclic) bond motifs is 1. The summed E-state index contributed by atoms with van der Waals surface area (Å²) in [6, 6.07) is 16.1. The molecule has 0 N–H and O–H groups in total. The largest absolute Gasteiger partial charge is 0.423 e. The smallest absolute Gasteiger partial charge is 0.336 e. The van der Waals surface area contributed by atoms with Crippen LogP contribution in [0.15, 0.2) is 57.7 Å². The van der Waals surface area contributed by atoms with Gasteiger partial charge in [0.25, 0.3) is 0 Å². The molecule has 0 saturated heterocycles. The highest BCUT2D eigenvalue weighted by Gasteiger charge is 2.13. The van der Waals surface area contributed by atoms with Gasteiger partial charge in [0, 0.05) is 23.1 Å². The van der Waals surface area contributed by atoms with Crippen molar-refractivity contribution in [2.75, 3.05) is 14.1 Å². The molecule has 0 saturated carbocycles. The van der Waals surface area contributed by atoms with Crippen LogP contribution in [0.5, 0.6) is 0 Å². The van der Waals surface area contributed by atoms with E-state index in [1.165, 1.54) is 0 Å². The van der Waals surface area contributed by atoms with Gasteiger partial charge in [-0.25, -0.2) is 4.79 Å². The minimum absolute atomic E-state index is 0.256. The number of aryl methyl sites for hydroxylation is 1. The number of benzene rings is 2. The highest BCUT2D eigenvalue weighted by atomic mass is 16.4. The predicted octanol–water partition coefficient (Wildman–Crippen LogP) is 4.39. The van der Waals surface area contributed by atoms with Crippen LogP contribution in [0.2, 0.25) is 0 Å². The topological polar surface area (TPSA) is 33.5 Å². The molecule has 0 bridgehead atoms. The van der Waals surface area contributed by atoms with Gasteiger partial charge in [0.1, 0.15) is 5.58 Å². The fraction of sp³-hybridized carbons (Fsp3) is 0.250. The van der Waals surface area contributed by atoms with Gasteiger partial charge in [0.2, 0.25) is 0 Å². The molecule has 1 unspecified atom stereocenters. The van der Waals surface area contributed by atoms with Gasteiger partial charge in [-0.05, 0) is 50.7 Å². The summed E-state index contributed by atoms with van der Waals surface area (Å²) in [5.74, 6) is 0. The van der Waals surface area contributed by atoms with Gasteiger partial charge in [-0.2, -0.15) is 0 Å². The lowest BCUT2D eigenvalue weighted by atomic mass is 9.96. The van der Waals surface area contributed by atoms with E-state index >= 15 is 0 Å². The van der Waals surface area contributed by atoms with E-state index in [0.29, 0.717) is 5.58 Å². The molecule has 0 aliphatic heterocycles. The Morgan fingerprint density at radius 3 is 2.43 bits per heavy atom. The molecule has 2 aromatic carbocycles. The first-order chi connectivity index (χ1) is 11.0. The Balaban J connectivity index is 2.25. The maximum atomic E-state index is 12.0. The summed E-state index contributed by atoms with van der Waals surface area (Å²) in [5.41, 5.74) is 4.60. The van der Waals surface area contributed by atoms with Crippen LogP contribution in [-0.2, 0) is 0 Å². The Kier molecular flexibility index (Phi) is 4.05. The van der Waals surface area contributed by atoms with E-state index in [1.807, 2.05) is 38.4 Å². The normalized spacial score (nSPS) is 12.7. The fourth-order valence-electron chi connectivity index (χ4n) is 2.84. The monoisotopic (exact) mass is 307 g/mol. The van der Waals surface area contributed by atoms with Crippen molar-refractivity contribution in [3.05, 3.63) is 70.1 Å². The number of hydrogen-bond acceptors (Lipinski definition) is 3. The Hall–Kier alpha value is -2.39. The van der Waals surface area contributed by atoms with Crippen LogP contribution in [0.4, 0.5) is 0 Å². The standard InChI is InChI=1S/C20H21NO2/c1-13-7-5-6-8-16(13)18-12-20(22)23-19-11-15(9-10-17(18)19)14(2)21(3)4/h5-12,14H,1-4H3. The predicted molar refractivity (Wildman–Crippen MR) is 94.8 cm³/mol. The molecule has 3 heteroatoms. The van der Waals surface area contributed by atoms with Crippen molar-refractivity contribution in [2.24, 2.45) is 0 Å². The number of nitrogens with zero attached hydrogens (tertiary/aromatic N) is 1. The second-order valence-corrected chi connectivity index (χ2v) is 6.19. The molecule has 1 aromatic heterocycles. The van der Waals surface area contributed by atoms with Gasteiger partial charge in [-0.3, -0.25) is 0 Å². The molecule has 1 heterocycles. The molecule has 3 rings (SSSR count). The number of hydrogen-bond donors (Lipinski definition) is 0. The highest BCUT2D eigenvalue weighted by molar-refractivity contribution is 5.94. The Bertz CT molecular complexity index is 909. The van der Waals surface area contributed by atoms with Gasteiger partial charge in [0.15, 0.2) is 0 Å². The maximum absolute atomic E-state index is 12.0. The van der Waals surface area contributed by atoms with Gasteiger partial charge >= 0.3 is 5.63 Å². The van der Waals surface area contributed by atoms with Crippen molar-refractivity contribution in [2.45, 2.75) is 19.9 Å². The summed E-state index contributed by atoms with van der Waals surface area (Å²) < 4.78 is 5.46. The van der Waals surface area contributed by atoms with Gasteiger partial charge < -0.3 is 9.32 Å². The molecule has 0 spiro atoms. The molecule has 0 amide bonds. The third kappa shape index (κ3) is 2.92. The van der Waals surface area contributed by atoms with Crippen molar-refractivity contribution >= 4 is 11.0 Å². The average Bonchev–Trinajstić information content (AvgIpc) is 2.53. The third-order valence-corrected chi connectivity index (χ3v) is 4.46. The Morgan fingerprint density at radius 1 is 1.00 bits per heavy atom. The molecule has 0 fully saturated rings. The second-order valence-electron chi connectivity index (χ2n) is 6.19. The lowest BCUT2D eigenvalue weighted by molar-refractivity contribution is 0.321. The molecule has 0 aliphatic carbocycles. The highest BCUT2D eigenvalue weighted by Crippen LogP contribution is 2.31. The summed E-state index contributed by atoms with van der Waals surface area (Å²) in [7, 11) is 4.07. The van der Waals surface area contributed by atoms with Crippen molar-refractivity contribution in [3.8, 4) is 11.1 Å². The Morgan fingerprint density at radius 2 is 1.74 bits per heavy atom. The maximum Gasteiger partial charge on any atom is 0.336 e. The summed E-state index contributed by atoms with van der Waals surface area (Å²) >= 11 is 0. The van der Waals surface area contributed by atoms with Crippen molar-refractivity contribution in [1.82, 2.24) is 4.90 Å². The lowest BCUT2D eigenvalue weighted by Crippen LogP contribution is -2.16. The van der Waals surface area contributed by atoms with Crippen molar-refractivity contribution < 1.29 is 4.42 Å². The van der Waals surface area contributed by atoms with Gasteiger partial charge in [-0.15, -0.1) is 0 Å². The zero-order valence-electron chi connectivity index (χ0n) is 14.0. The van der Waals surface area contributed by atoms with Crippen LogP contribution in [0.1, 0.15) is 24.1 Å². The van der Waals surface area contributed by atoms with Crippen LogP contribution in [0.25, 0.3) is 22.1 Å².